The highest BCUT2D eigenvalue weighted by Gasteiger charge is 2.33. The number of hydrogen-bond acceptors (Lipinski definition) is 6. The van der Waals surface area contributed by atoms with E-state index in [0.717, 1.165) is 40.3 Å². The lowest BCUT2D eigenvalue weighted by atomic mass is 9.88. The summed E-state index contributed by atoms with van der Waals surface area (Å²) in [6.45, 7) is 4.49. The monoisotopic (exact) mass is 528 g/mol. The van der Waals surface area contributed by atoms with Crippen molar-refractivity contribution >= 4 is 17.5 Å². The number of pyridine rings is 1. The van der Waals surface area contributed by atoms with Crippen molar-refractivity contribution in [1.82, 2.24) is 14.8 Å². The van der Waals surface area contributed by atoms with Crippen LogP contribution in [0.25, 0.3) is 16.9 Å². The molecule has 0 saturated carbocycles. The molecule has 7 nitrogen and oxygen atoms in total. The molecule has 4 aromatic rings. The summed E-state index contributed by atoms with van der Waals surface area (Å²) in [6, 6.07) is 20.0. The third kappa shape index (κ3) is 5.86. The fourth-order valence-electron chi connectivity index (χ4n) is 5.04. The maximum atomic E-state index is 13.9. The third-order valence-corrected chi connectivity index (χ3v) is 7.38. The number of anilines is 2. The van der Waals surface area contributed by atoms with Crippen molar-refractivity contribution in [3.63, 3.8) is 0 Å². The predicted molar refractivity (Wildman–Crippen MR) is 149 cm³/mol. The molecule has 2 aromatic heterocycles. The first-order valence-electron chi connectivity index (χ1n) is 13.5. The summed E-state index contributed by atoms with van der Waals surface area (Å²) in [4.78, 5) is 16.9. The highest BCUT2D eigenvalue weighted by molar-refractivity contribution is 5.74. The summed E-state index contributed by atoms with van der Waals surface area (Å²) in [6.07, 6.45) is 3.26. The van der Waals surface area contributed by atoms with Crippen LogP contribution in [0.4, 0.5) is 15.9 Å². The van der Waals surface area contributed by atoms with Gasteiger partial charge in [-0.1, -0.05) is 32.0 Å². The summed E-state index contributed by atoms with van der Waals surface area (Å²) in [5, 5.41) is 18.9. The van der Waals surface area contributed by atoms with Gasteiger partial charge in [-0.2, -0.15) is 5.10 Å². The molecule has 0 bridgehead atoms. The van der Waals surface area contributed by atoms with Gasteiger partial charge in [0.2, 0.25) is 0 Å². The number of aliphatic hydroxyl groups excluding tert-OH is 1. The van der Waals surface area contributed by atoms with Crippen molar-refractivity contribution < 1.29 is 19.0 Å². The number of nitrogens with one attached hydrogen (secondary N) is 1. The molecule has 1 fully saturated rings. The van der Waals surface area contributed by atoms with Crippen LogP contribution in [0.3, 0.4) is 0 Å². The van der Waals surface area contributed by atoms with Gasteiger partial charge in [-0.05, 0) is 61.7 Å². The number of nitrogens with zero attached hydrogens (tertiary/aromatic N) is 3. The second-order valence-electron chi connectivity index (χ2n) is 10.00. The Hall–Kier alpha value is -4.04. The molecule has 0 amide bonds. The molecule has 1 aliphatic rings. The number of ether oxygens (including phenoxy) is 1. The van der Waals surface area contributed by atoms with E-state index in [9.17, 15) is 14.3 Å². The van der Waals surface area contributed by atoms with Gasteiger partial charge in [-0.25, -0.2) is 14.1 Å². The van der Waals surface area contributed by atoms with Crippen LogP contribution in [0.15, 0.2) is 72.9 Å². The third-order valence-electron chi connectivity index (χ3n) is 7.38. The van der Waals surface area contributed by atoms with Crippen LogP contribution < -0.4 is 5.32 Å². The summed E-state index contributed by atoms with van der Waals surface area (Å²) >= 11 is 0. The van der Waals surface area contributed by atoms with Crippen LogP contribution >= 0.6 is 0 Å². The number of aromatic nitrogens is 3. The first kappa shape index (κ1) is 26.6. The van der Waals surface area contributed by atoms with Crippen LogP contribution in [0.2, 0.25) is 0 Å². The Morgan fingerprint density at radius 1 is 1.15 bits per heavy atom. The first-order valence-corrected chi connectivity index (χ1v) is 13.5. The molecule has 3 atom stereocenters. The Labute approximate surface area is 227 Å². The van der Waals surface area contributed by atoms with Gasteiger partial charge in [0, 0.05) is 41.4 Å². The van der Waals surface area contributed by atoms with E-state index in [4.69, 9.17) is 9.84 Å². The molecule has 202 valence electrons. The predicted octanol–water partition coefficient (Wildman–Crippen LogP) is 6.19. The fourth-order valence-corrected chi connectivity index (χ4v) is 5.04. The minimum absolute atomic E-state index is 0.146. The fraction of sp³-hybridized carbons (Fsp3) is 0.323. The first-order chi connectivity index (χ1) is 18.9. The highest BCUT2D eigenvalue weighted by Crippen LogP contribution is 2.36. The van der Waals surface area contributed by atoms with Gasteiger partial charge in [0.05, 0.1) is 35.7 Å². The Morgan fingerprint density at radius 2 is 1.92 bits per heavy atom. The zero-order chi connectivity index (χ0) is 27.4. The second-order valence-corrected chi connectivity index (χ2v) is 10.00. The molecular formula is C31H33FN4O3. The van der Waals surface area contributed by atoms with Crippen molar-refractivity contribution in [3.8, 4) is 16.9 Å². The van der Waals surface area contributed by atoms with Crippen LogP contribution in [0, 0.1) is 11.7 Å². The number of carbonyl (C=O) groups is 1. The van der Waals surface area contributed by atoms with E-state index in [0.29, 0.717) is 25.1 Å². The van der Waals surface area contributed by atoms with E-state index >= 15 is 0 Å². The normalized spacial score (nSPS) is 18.0. The van der Waals surface area contributed by atoms with Crippen molar-refractivity contribution in [1.29, 1.82) is 0 Å². The summed E-state index contributed by atoms with van der Waals surface area (Å²) in [5.74, 6) is -0.456. The SMILES string of the molecule is CCC(C)c1nn(-c2ccnc(Nc3ccccc3)c2)c(-c2ccc(F)cc2)c1CCC1C(=O)OCCC1O. The number of aliphatic hydroxyl groups is 1. The van der Waals surface area contributed by atoms with Gasteiger partial charge in [-0.15, -0.1) is 0 Å². The number of benzene rings is 2. The smallest absolute Gasteiger partial charge is 0.311 e. The number of para-hydroxylation sites is 1. The number of carbonyl (C=O) groups excluding carboxylic acids is 1. The maximum absolute atomic E-state index is 13.9. The van der Waals surface area contributed by atoms with Crippen molar-refractivity contribution in [2.45, 2.75) is 51.6 Å². The lowest BCUT2D eigenvalue weighted by molar-refractivity contribution is -0.160. The Balaban J connectivity index is 1.60. The molecule has 1 saturated heterocycles. The van der Waals surface area contributed by atoms with Crippen molar-refractivity contribution in [3.05, 3.63) is 90.0 Å². The molecule has 2 aromatic carbocycles. The van der Waals surface area contributed by atoms with Gasteiger partial charge in [0.25, 0.3) is 0 Å². The molecule has 3 heterocycles. The number of rotatable bonds is 9. The van der Waals surface area contributed by atoms with E-state index in [1.54, 1.807) is 18.3 Å². The van der Waals surface area contributed by atoms with Gasteiger partial charge >= 0.3 is 5.97 Å². The highest BCUT2D eigenvalue weighted by atomic mass is 19.1. The summed E-state index contributed by atoms with van der Waals surface area (Å²) < 4.78 is 21.1. The minimum atomic E-state index is -0.727. The zero-order valence-electron chi connectivity index (χ0n) is 22.2. The standard InChI is InChI=1S/C31H33FN4O3/c1-3-20(2)29-26(14-13-25-27(37)16-18-39-31(25)38)30(21-9-11-22(32)12-10-21)36(35-29)24-15-17-33-28(19-24)34-23-7-5-4-6-8-23/h4-12,15,17,19-20,25,27,37H,3,13-14,16,18H2,1-2H3,(H,33,34). The molecular weight excluding hydrogens is 495 g/mol. The van der Waals surface area contributed by atoms with E-state index in [1.165, 1.54) is 12.1 Å². The Bertz CT molecular complexity index is 1420. The van der Waals surface area contributed by atoms with Gasteiger partial charge < -0.3 is 15.2 Å². The second kappa shape index (κ2) is 11.8. The molecule has 1 aliphatic heterocycles. The lowest BCUT2D eigenvalue weighted by Gasteiger charge is -2.26. The van der Waals surface area contributed by atoms with Gasteiger partial charge in [-0.3, -0.25) is 4.79 Å². The molecule has 2 N–H and O–H groups in total. The van der Waals surface area contributed by atoms with Gasteiger partial charge in [0.15, 0.2) is 0 Å². The minimum Gasteiger partial charge on any atom is -0.465 e. The van der Waals surface area contributed by atoms with Crippen LogP contribution in [-0.2, 0) is 16.0 Å². The maximum Gasteiger partial charge on any atom is 0.311 e. The van der Waals surface area contributed by atoms with Crippen LogP contribution in [0.1, 0.15) is 50.3 Å². The summed E-state index contributed by atoms with van der Waals surface area (Å²) in [5.41, 5.74) is 5.27. The summed E-state index contributed by atoms with van der Waals surface area (Å²) in [7, 11) is 0. The largest absolute Gasteiger partial charge is 0.465 e. The molecule has 0 radical (unpaired) electrons. The zero-order valence-corrected chi connectivity index (χ0v) is 22.2. The van der Waals surface area contributed by atoms with E-state index < -0.39 is 12.0 Å². The number of halogens is 1. The molecule has 0 aliphatic carbocycles. The number of esters is 1. The van der Waals surface area contributed by atoms with E-state index in [2.05, 4.69) is 24.1 Å². The van der Waals surface area contributed by atoms with E-state index in [1.807, 2.05) is 47.1 Å². The average molecular weight is 529 g/mol. The molecule has 3 unspecified atom stereocenters. The number of hydrogen-bond donors (Lipinski definition) is 2. The lowest BCUT2D eigenvalue weighted by Crippen LogP contribution is -2.36. The van der Waals surface area contributed by atoms with Crippen molar-refractivity contribution in [2.75, 3.05) is 11.9 Å². The van der Waals surface area contributed by atoms with Gasteiger partial charge in [0.1, 0.15) is 11.6 Å². The quantitative estimate of drug-likeness (QED) is 0.252. The molecule has 5 rings (SSSR count). The molecule has 0 spiro atoms. The van der Waals surface area contributed by atoms with Crippen LogP contribution in [0.5, 0.6) is 0 Å². The Morgan fingerprint density at radius 3 is 2.64 bits per heavy atom. The Kier molecular flexibility index (Phi) is 8.02. The average Bonchev–Trinajstić information content (AvgIpc) is 3.33. The van der Waals surface area contributed by atoms with Crippen LogP contribution in [-0.4, -0.2) is 38.6 Å². The number of cyclic esters (lactones) is 1. The topological polar surface area (TPSA) is 89.3 Å². The van der Waals surface area contributed by atoms with Crippen molar-refractivity contribution in [2.24, 2.45) is 5.92 Å². The molecule has 8 heteroatoms. The molecule has 39 heavy (non-hydrogen) atoms. The van der Waals surface area contributed by atoms with E-state index in [-0.39, 0.29) is 24.3 Å².